The summed E-state index contributed by atoms with van der Waals surface area (Å²) < 4.78 is 6.22. The monoisotopic (exact) mass is 297 g/mol. The topological polar surface area (TPSA) is 35.2 Å². The van der Waals surface area contributed by atoms with E-state index in [0.29, 0.717) is 5.41 Å². The fourth-order valence-electron chi connectivity index (χ4n) is 4.84. The first-order valence-electron chi connectivity index (χ1n) is 8.45. The zero-order chi connectivity index (χ0) is 14.2. The Bertz CT molecular complexity index is 338. The molecule has 1 spiro atoms. The first kappa shape index (κ1) is 15.2. The van der Waals surface area contributed by atoms with Crippen molar-refractivity contribution in [2.45, 2.75) is 58.0 Å². The van der Waals surface area contributed by atoms with Crippen LogP contribution >= 0.6 is 11.8 Å². The summed E-state index contributed by atoms with van der Waals surface area (Å²) >= 11 is 2.08. The summed E-state index contributed by atoms with van der Waals surface area (Å²) in [6.07, 6.45) is 7.92. The third kappa shape index (κ3) is 3.05. The lowest BCUT2D eigenvalue weighted by Gasteiger charge is -2.48. The van der Waals surface area contributed by atoms with Crippen LogP contribution in [0.4, 0.5) is 0 Å². The van der Waals surface area contributed by atoms with E-state index in [0.717, 1.165) is 30.9 Å². The number of rotatable bonds is 2. The highest BCUT2D eigenvalue weighted by Crippen LogP contribution is 2.50. The molecule has 2 nitrogen and oxygen atoms in total. The number of hydrogen-bond acceptors (Lipinski definition) is 3. The van der Waals surface area contributed by atoms with Crippen molar-refractivity contribution >= 4 is 11.8 Å². The van der Waals surface area contributed by atoms with E-state index in [2.05, 4.69) is 25.6 Å². The summed E-state index contributed by atoms with van der Waals surface area (Å²) in [5.41, 5.74) is 6.85. The molecule has 4 unspecified atom stereocenters. The van der Waals surface area contributed by atoms with Crippen LogP contribution in [-0.4, -0.2) is 30.3 Å². The van der Waals surface area contributed by atoms with Crippen LogP contribution in [0, 0.1) is 23.2 Å². The molecule has 20 heavy (non-hydrogen) atoms. The van der Waals surface area contributed by atoms with E-state index in [-0.39, 0.29) is 5.60 Å². The molecule has 2 heterocycles. The number of nitrogens with two attached hydrogens (primary N) is 1. The molecule has 2 saturated heterocycles. The second-order valence-electron chi connectivity index (χ2n) is 8.15. The van der Waals surface area contributed by atoms with E-state index >= 15 is 0 Å². The van der Waals surface area contributed by atoms with Gasteiger partial charge in [0.15, 0.2) is 0 Å². The van der Waals surface area contributed by atoms with Gasteiger partial charge in [-0.1, -0.05) is 13.8 Å². The summed E-state index contributed by atoms with van der Waals surface area (Å²) in [5, 5.41) is 0. The van der Waals surface area contributed by atoms with E-state index in [1.165, 1.54) is 50.0 Å². The average molecular weight is 298 g/mol. The Morgan fingerprint density at radius 3 is 2.75 bits per heavy atom. The van der Waals surface area contributed by atoms with Gasteiger partial charge in [-0.25, -0.2) is 0 Å². The Labute approximate surface area is 128 Å². The van der Waals surface area contributed by atoms with Gasteiger partial charge in [0.25, 0.3) is 0 Å². The Hall–Kier alpha value is 0.270. The van der Waals surface area contributed by atoms with Gasteiger partial charge in [0.05, 0.1) is 5.60 Å². The van der Waals surface area contributed by atoms with Gasteiger partial charge in [-0.15, -0.1) is 0 Å². The maximum Gasteiger partial charge on any atom is 0.0783 e. The summed E-state index contributed by atoms with van der Waals surface area (Å²) in [4.78, 5) is 0. The highest BCUT2D eigenvalue weighted by Gasteiger charge is 2.46. The smallest absolute Gasteiger partial charge is 0.0783 e. The van der Waals surface area contributed by atoms with Crippen molar-refractivity contribution in [1.82, 2.24) is 0 Å². The van der Waals surface area contributed by atoms with Crippen LogP contribution < -0.4 is 5.73 Å². The molecule has 2 aliphatic heterocycles. The first-order valence-corrected chi connectivity index (χ1v) is 9.61. The standard InChI is InChI=1S/C17H31NOS/c1-16(2)5-3-14(11-18)15(10-16)13-4-7-19-17(9-13)6-8-20-12-17/h13-15H,3-12,18H2,1-2H3. The Balaban J connectivity index is 1.72. The molecule has 3 heteroatoms. The molecule has 0 radical (unpaired) electrons. The quantitative estimate of drug-likeness (QED) is 0.844. The van der Waals surface area contributed by atoms with Crippen LogP contribution in [0.15, 0.2) is 0 Å². The average Bonchev–Trinajstić information content (AvgIpc) is 2.86. The Morgan fingerprint density at radius 1 is 1.20 bits per heavy atom. The lowest BCUT2D eigenvalue weighted by molar-refractivity contribution is -0.101. The van der Waals surface area contributed by atoms with E-state index in [9.17, 15) is 0 Å². The van der Waals surface area contributed by atoms with Crippen LogP contribution in [0.2, 0.25) is 0 Å². The molecule has 0 aromatic rings. The van der Waals surface area contributed by atoms with Crippen LogP contribution in [0.3, 0.4) is 0 Å². The van der Waals surface area contributed by atoms with Gasteiger partial charge in [-0.3, -0.25) is 0 Å². The van der Waals surface area contributed by atoms with Crippen LogP contribution in [-0.2, 0) is 4.74 Å². The molecule has 116 valence electrons. The molecule has 0 amide bonds. The van der Waals surface area contributed by atoms with E-state index < -0.39 is 0 Å². The van der Waals surface area contributed by atoms with Gasteiger partial charge < -0.3 is 10.5 Å². The van der Waals surface area contributed by atoms with Gasteiger partial charge in [0.2, 0.25) is 0 Å². The predicted molar refractivity (Wildman–Crippen MR) is 87.0 cm³/mol. The molecule has 3 rings (SSSR count). The minimum atomic E-state index is 0.230. The Morgan fingerprint density at radius 2 is 2.05 bits per heavy atom. The van der Waals surface area contributed by atoms with Crippen molar-refractivity contribution in [2.24, 2.45) is 28.9 Å². The van der Waals surface area contributed by atoms with Crippen molar-refractivity contribution in [3.8, 4) is 0 Å². The summed E-state index contributed by atoms with van der Waals surface area (Å²) in [6.45, 7) is 6.78. The lowest BCUT2D eigenvalue weighted by Crippen LogP contribution is -2.46. The molecule has 1 aliphatic carbocycles. The van der Waals surface area contributed by atoms with Crippen LogP contribution in [0.5, 0.6) is 0 Å². The molecule has 0 aromatic heterocycles. The third-order valence-electron chi connectivity index (χ3n) is 6.09. The SMILES string of the molecule is CC1(C)CCC(CN)C(C2CCOC3(CCSC3)C2)C1. The molecule has 0 aromatic carbocycles. The predicted octanol–water partition coefficient (Wildman–Crippen LogP) is 3.69. The second-order valence-corrected chi connectivity index (χ2v) is 9.26. The normalized spacial score (nSPS) is 44.9. The molecular weight excluding hydrogens is 266 g/mol. The number of thioether (sulfide) groups is 1. The summed E-state index contributed by atoms with van der Waals surface area (Å²) in [7, 11) is 0. The van der Waals surface area contributed by atoms with Gasteiger partial charge in [0.1, 0.15) is 0 Å². The third-order valence-corrected chi connectivity index (χ3v) is 7.32. The van der Waals surface area contributed by atoms with Crippen molar-refractivity contribution < 1.29 is 4.74 Å². The first-order chi connectivity index (χ1) is 9.54. The summed E-state index contributed by atoms with van der Waals surface area (Å²) in [6, 6.07) is 0. The van der Waals surface area contributed by atoms with Crippen molar-refractivity contribution in [3.63, 3.8) is 0 Å². The zero-order valence-electron chi connectivity index (χ0n) is 13.2. The van der Waals surface area contributed by atoms with Crippen molar-refractivity contribution in [2.75, 3.05) is 24.7 Å². The van der Waals surface area contributed by atoms with Gasteiger partial charge >= 0.3 is 0 Å². The lowest BCUT2D eigenvalue weighted by atomic mass is 9.61. The highest BCUT2D eigenvalue weighted by atomic mass is 32.2. The van der Waals surface area contributed by atoms with E-state index in [4.69, 9.17) is 10.5 Å². The van der Waals surface area contributed by atoms with Crippen LogP contribution in [0.1, 0.15) is 52.4 Å². The molecule has 4 atom stereocenters. The van der Waals surface area contributed by atoms with Crippen molar-refractivity contribution in [3.05, 3.63) is 0 Å². The molecular formula is C17H31NOS. The highest BCUT2D eigenvalue weighted by molar-refractivity contribution is 7.99. The Kier molecular flexibility index (Phi) is 4.41. The maximum atomic E-state index is 6.22. The van der Waals surface area contributed by atoms with Gasteiger partial charge in [-0.05, 0) is 74.0 Å². The van der Waals surface area contributed by atoms with Gasteiger partial charge in [-0.2, -0.15) is 11.8 Å². The fraction of sp³-hybridized carbons (Fsp3) is 1.00. The minimum Gasteiger partial charge on any atom is -0.374 e. The molecule has 3 fully saturated rings. The molecule has 0 bridgehead atoms. The van der Waals surface area contributed by atoms with Gasteiger partial charge in [0, 0.05) is 12.4 Å². The maximum absolute atomic E-state index is 6.22. The molecule has 1 saturated carbocycles. The fourth-order valence-corrected chi connectivity index (χ4v) is 6.21. The molecule has 2 N–H and O–H groups in total. The number of ether oxygens (including phenoxy) is 1. The van der Waals surface area contributed by atoms with E-state index in [1.807, 2.05) is 0 Å². The van der Waals surface area contributed by atoms with Crippen LogP contribution in [0.25, 0.3) is 0 Å². The second kappa shape index (κ2) is 5.81. The van der Waals surface area contributed by atoms with E-state index in [1.54, 1.807) is 0 Å². The largest absolute Gasteiger partial charge is 0.374 e. The zero-order valence-corrected chi connectivity index (χ0v) is 14.0. The minimum absolute atomic E-state index is 0.230. The number of hydrogen-bond donors (Lipinski definition) is 1. The molecule has 3 aliphatic rings. The summed E-state index contributed by atoms with van der Waals surface area (Å²) in [5.74, 6) is 4.98. The van der Waals surface area contributed by atoms with Crippen molar-refractivity contribution in [1.29, 1.82) is 0 Å².